The fourth-order valence-corrected chi connectivity index (χ4v) is 1.55. The molecular formula is C10H6BrN3O2. The molecule has 0 N–H and O–H groups in total. The minimum Gasteiger partial charge on any atom is -0.486 e. The van der Waals surface area contributed by atoms with Crippen LogP contribution >= 0.6 is 15.9 Å². The van der Waals surface area contributed by atoms with Crippen LogP contribution in [-0.2, 0) is 4.74 Å². The molecule has 0 aliphatic carbocycles. The van der Waals surface area contributed by atoms with E-state index in [1.54, 1.807) is 12.3 Å². The van der Waals surface area contributed by atoms with E-state index in [0.29, 0.717) is 16.8 Å². The summed E-state index contributed by atoms with van der Waals surface area (Å²) in [5.74, 6) is 0.119. The molecule has 80 valence electrons. The fraction of sp³-hybridized carbons (Fsp3) is 0.100. The monoisotopic (exact) mass is 279 g/mol. The van der Waals surface area contributed by atoms with Gasteiger partial charge in [-0.25, -0.2) is 9.98 Å². The Morgan fingerprint density at radius 3 is 3.19 bits per heavy atom. The number of methoxy groups -OCH3 is 1. The Bertz CT molecular complexity index is 598. The van der Waals surface area contributed by atoms with Gasteiger partial charge in [0.25, 0.3) is 0 Å². The van der Waals surface area contributed by atoms with Gasteiger partial charge in [-0.15, -0.1) is 0 Å². The van der Waals surface area contributed by atoms with E-state index >= 15 is 0 Å². The first-order valence-electron chi connectivity index (χ1n) is 4.29. The highest BCUT2D eigenvalue weighted by Gasteiger charge is 2.14. The van der Waals surface area contributed by atoms with Crippen LogP contribution in [0.3, 0.4) is 0 Å². The maximum atomic E-state index is 8.89. The zero-order chi connectivity index (χ0) is 11.5. The molecule has 0 aliphatic heterocycles. The first-order chi connectivity index (χ1) is 7.76. The summed E-state index contributed by atoms with van der Waals surface area (Å²) in [4.78, 5) is 8.11. The molecule has 2 rings (SSSR count). The zero-order valence-electron chi connectivity index (χ0n) is 8.27. The van der Waals surface area contributed by atoms with E-state index in [9.17, 15) is 0 Å². The van der Waals surface area contributed by atoms with Gasteiger partial charge in [0.2, 0.25) is 5.76 Å². The summed E-state index contributed by atoms with van der Waals surface area (Å²) in [7, 11) is 1.47. The van der Waals surface area contributed by atoms with Crippen molar-refractivity contribution in [3.63, 3.8) is 0 Å². The second-order valence-corrected chi connectivity index (χ2v) is 3.78. The molecule has 0 radical (unpaired) electrons. The molecule has 5 nitrogen and oxygen atoms in total. The zero-order valence-corrected chi connectivity index (χ0v) is 9.85. The Kier molecular flexibility index (Phi) is 2.88. The molecule has 0 fully saturated rings. The summed E-state index contributed by atoms with van der Waals surface area (Å²) in [6, 6.07) is 3.65. The highest BCUT2D eigenvalue weighted by atomic mass is 79.9. The number of furan rings is 1. The number of nitrogens with zero attached hydrogens (tertiary/aromatic N) is 3. The molecule has 0 amide bonds. The van der Waals surface area contributed by atoms with Crippen molar-refractivity contribution in [2.45, 2.75) is 0 Å². The number of aliphatic imine (C=N–C) groups is 1. The third-order valence-corrected chi connectivity index (χ3v) is 2.29. The Labute approximate surface area is 99.5 Å². The lowest BCUT2D eigenvalue weighted by Crippen LogP contribution is -1.78. The molecule has 2 aromatic heterocycles. The van der Waals surface area contributed by atoms with Gasteiger partial charge in [-0.05, 0) is 22.0 Å². The predicted octanol–water partition coefficient (Wildman–Crippen LogP) is 2.77. The molecular weight excluding hydrogens is 274 g/mol. The summed E-state index contributed by atoms with van der Waals surface area (Å²) in [6.45, 7) is 0. The summed E-state index contributed by atoms with van der Waals surface area (Å²) in [5.41, 5.74) is 1.43. The molecule has 0 atom stereocenters. The number of fused-ring (bicyclic) bond motifs is 1. The smallest absolute Gasteiger partial charge is 0.232 e. The van der Waals surface area contributed by atoms with Gasteiger partial charge in [-0.3, -0.25) is 0 Å². The van der Waals surface area contributed by atoms with Gasteiger partial charge < -0.3 is 9.15 Å². The Morgan fingerprint density at radius 2 is 2.50 bits per heavy atom. The van der Waals surface area contributed by atoms with Gasteiger partial charge in [0.15, 0.2) is 12.0 Å². The van der Waals surface area contributed by atoms with Crippen molar-refractivity contribution in [3.8, 4) is 6.07 Å². The van der Waals surface area contributed by atoms with Crippen LogP contribution in [0, 0.1) is 11.3 Å². The molecule has 6 heteroatoms. The van der Waals surface area contributed by atoms with Crippen LogP contribution in [0.4, 0.5) is 5.69 Å². The van der Waals surface area contributed by atoms with Crippen molar-refractivity contribution in [2.24, 2.45) is 4.99 Å². The largest absolute Gasteiger partial charge is 0.486 e. The number of hydrogen-bond acceptors (Lipinski definition) is 5. The third kappa shape index (κ3) is 1.77. The molecule has 0 saturated heterocycles. The second kappa shape index (κ2) is 4.33. The topological polar surface area (TPSA) is 71.4 Å². The van der Waals surface area contributed by atoms with Gasteiger partial charge >= 0.3 is 0 Å². The Hall–Kier alpha value is -1.87. The number of pyridine rings is 1. The van der Waals surface area contributed by atoms with Crippen molar-refractivity contribution in [3.05, 3.63) is 22.5 Å². The van der Waals surface area contributed by atoms with Crippen LogP contribution in [0.25, 0.3) is 11.1 Å². The molecule has 0 aliphatic rings. The molecule has 16 heavy (non-hydrogen) atoms. The van der Waals surface area contributed by atoms with Crippen molar-refractivity contribution in [2.75, 3.05) is 7.11 Å². The van der Waals surface area contributed by atoms with E-state index in [1.165, 1.54) is 13.5 Å². The molecule has 0 unspecified atom stereocenters. The van der Waals surface area contributed by atoms with E-state index in [4.69, 9.17) is 14.4 Å². The molecule has 0 spiro atoms. The number of halogens is 1. The molecule has 0 saturated carbocycles. The van der Waals surface area contributed by atoms with Gasteiger partial charge in [0, 0.05) is 10.7 Å². The van der Waals surface area contributed by atoms with Crippen LogP contribution in [0.5, 0.6) is 0 Å². The van der Waals surface area contributed by atoms with E-state index in [-0.39, 0.29) is 5.76 Å². The van der Waals surface area contributed by atoms with Crippen molar-refractivity contribution in [1.29, 1.82) is 5.26 Å². The van der Waals surface area contributed by atoms with Crippen LogP contribution in [0.15, 0.2) is 26.1 Å². The number of nitriles is 1. The summed E-state index contributed by atoms with van der Waals surface area (Å²) in [5, 5.41) is 8.89. The maximum absolute atomic E-state index is 8.89. The van der Waals surface area contributed by atoms with E-state index in [2.05, 4.69) is 25.9 Å². The van der Waals surface area contributed by atoms with Gasteiger partial charge in [0.1, 0.15) is 17.3 Å². The molecule has 0 bridgehead atoms. The first-order valence-corrected chi connectivity index (χ1v) is 5.09. The normalized spacial score (nSPS) is 10.8. The van der Waals surface area contributed by atoms with Gasteiger partial charge in [-0.2, -0.15) is 5.26 Å². The summed E-state index contributed by atoms with van der Waals surface area (Å²) < 4.78 is 10.8. The standard InChI is InChI=1S/C10H6BrN3O2/c1-15-5-14-10-8(3-12)16-7-2-6(11)4-13-9(7)10/h2,4-5H,1H3. The van der Waals surface area contributed by atoms with Gasteiger partial charge in [0.05, 0.1) is 7.11 Å². The molecule has 2 heterocycles. The lowest BCUT2D eigenvalue weighted by Gasteiger charge is -1.90. The average Bonchev–Trinajstić information content (AvgIpc) is 2.63. The molecule has 2 aromatic rings. The van der Waals surface area contributed by atoms with Crippen molar-refractivity contribution >= 4 is 39.1 Å². The number of ether oxygens (including phenoxy) is 1. The lowest BCUT2D eigenvalue weighted by molar-refractivity contribution is 0.423. The SMILES string of the molecule is COC=Nc1c(C#N)oc2cc(Br)cnc12. The minimum absolute atomic E-state index is 0.119. The Morgan fingerprint density at radius 1 is 1.69 bits per heavy atom. The van der Waals surface area contributed by atoms with Crippen molar-refractivity contribution in [1.82, 2.24) is 4.98 Å². The van der Waals surface area contributed by atoms with Crippen LogP contribution < -0.4 is 0 Å². The maximum Gasteiger partial charge on any atom is 0.232 e. The third-order valence-electron chi connectivity index (χ3n) is 1.86. The number of rotatable bonds is 2. The predicted molar refractivity (Wildman–Crippen MR) is 61.6 cm³/mol. The summed E-state index contributed by atoms with van der Waals surface area (Å²) >= 11 is 3.27. The Balaban J connectivity index is 2.69. The number of aromatic nitrogens is 1. The van der Waals surface area contributed by atoms with Crippen LogP contribution in [-0.4, -0.2) is 18.5 Å². The highest BCUT2D eigenvalue weighted by molar-refractivity contribution is 9.10. The van der Waals surface area contributed by atoms with E-state index in [1.807, 2.05) is 6.07 Å². The fourth-order valence-electron chi connectivity index (χ4n) is 1.24. The summed E-state index contributed by atoms with van der Waals surface area (Å²) in [6.07, 6.45) is 2.85. The highest BCUT2D eigenvalue weighted by Crippen LogP contribution is 2.32. The second-order valence-electron chi connectivity index (χ2n) is 2.86. The van der Waals surface area contributed by atoms with Crippen molar-refractivity contribution < 1.29 is 9.15 Å². The number of hydrogen-bond donors (Lipinski definition) is 0. The van der Waals surface area contributed by atoms with Gasteiger partial charge in [-0.1, -0.05) is 0 Å². The molecule has 0 aromatic carbocycles. The van der Waals surface area contributed by atoms with Crippen LogP contribution in [0.2, 0.25) is 0 Å². The average molecular weight is 280 g/mol. The van der Waals surface area contributed by atoms with E-state index in [0.717, 1.165) is 4.47 Å². The quantitative estimate of drug-likeness (QED) is 0.626. The van der Waals surface area contributed by atoms with E-state index < -0.39 is 0 Å². The van der Waals surface area contributed by atoms with Crippen LogP contribution in [0.1, 0.15) is 5.76 Å². The first kappa shape index (κ1) is 10.6. The lowest BCUT2D eigenvalue weighted by atomic mass is 10.3. The minimum atomic E-state index is 0.119.